The molecule has 5 heteroatoms. The van der Waals surface area contributed by atoms with Crippen molar-refractivity contribution in [3.05, 3.63) is 157 Å². The van der Waals surface area contributed by atoms with Crippen LogP contribution in [0.3, 0.4) is 0 Å². The SMILES string of the molecule is CC(C)(C)c1ccc(O)c(-c2ccccc2OC(C)(C)[Si](Oc2ccccc2-c2cc(C(C)(C)C)ccc2O)(c2ccccc2)c2ccccc2)c1. The van der Waals surface area contributed by atoms with E-state index in [1.807, 2.05) is 97.1 Å². The molecule has 0 atom stereocenters. The maximum atomic E-state index is 11.3. The van der Waals surface area contributed by atoms with Gasteiger partial charge < -0.3 is 19.4 Å². The van der Waals surface area contributed by atoms with Gasteiger partial charge in [-0.2, -0.15) is 0 Å². The topological polar surface area (TPSA) is 58.9 Å². The summed E-state index contributed by atoms with van der Waals surface area (Å²) in [5, 5.41) is 23.7. The predicted octanol–water partition coefficient (Wildman–Crippen LogP) is 10.6. The van der Waals surface area contributed by atoms with Crippen LogP contribution in [-0.4, -0.2) is 23.8 Å². The summed E-state index contributed by atoms with van der Waals surface area (Å²) in [6.45, 7) is 17.2. The van der Waals surface area contributed by atoms with Gasteiger partial charge in [-0.05, 0) is 82.6 Å². The lowest BCUT2D eigenvalue weighted by Gasteiger charge is -2.45. The van der Waals surface area contributed by atoms with E-state index >= 15 is 0 Å². The summed E-state index contributed by atoms with van der Waals surface area (Å²) >= 11 is 0. The maximum Gasteiger partial charge on any atom is 0.357 e. The molecule has 0 radical (unpaired) electrons. The lowest BCUT2D eigenvalue weighted by Crippen LogP contribution is -2.77. The molecule has 6 aromatic carbocycles. The highest BCUT2D eigenvalue weighted by Crippen LogP contribution is 2.43. The van der Waals surface area contributed by atoms with Gasteiger partial charge in [-0.3, -0.25) is 0 Å². The minimum atomic E-state index is -3.48. The van der Waals surface area contributed by atoms with Crippen LogP contribution in [0.2, 0.25) is 0 Å². The van der Waals surface area contributed by atoms with Gasteiger partial charge in [0.05, 0.1) is 0 Å². The third-order valence-electron chi connectivity index (χ3n) is 9.92. The zero-order valence-electron chi connectivity index (χ0n) is 31.6. The molecule has 2 N–H and O–H groups in total. The molecule has 0 saturated heterocycles. The van der Waals surface area contributed by atoms with Crippen LogP contribution in [0.25, 0.3) is 22.3 Å². The summed E-state index contributed by atoms with van der Waals surface area (Å²) in [7, 11) is -3.48. The molecule has 4 nitrogen and oxygen atoms in total. The average Bonchev–Trinajstić information content (AvgIpc) is 3.11. The molecule has 266 valence electrons. The fourth-order valence-electron chi connectivity index (χ4n) is 6.95. The van der Waals surface area contributed by atoms with Crippen molar-refractivity contribution in [1.29, 1.82) is 0 Å². The van der Waals surface area contributed by atoms with Gasteiger partial charge in [0, 0.05) is 22.3 Å². The van der Waals surface area contributed by atoms with Crippen LogP contribution < -0.4 is 19.5 Å². The van der Waals surface area contributed by atoms with Gasteiger partial charge in [-0.1, -0.05) is 151 Å². The average molecular weight is 707 g/mol. The van der Waals surface area contributed by atoms with Crippen molar-refractivity contribution in [1.82, 2.24) is 0 Å². The third kappa shape index (κ3) is 7.11. The summed E-state index contributed by atoms with van der Waals surface area (Å²) in [6, 6.07) is 48.3. The fourth-order valence-corrected chi connectivity index (χ4v) is 11.2. The molecule has 0 aliphatic rings. The highest BCUT2D eigenvalue weighted by molar-refractivity contribution is 7.00. The number of rotatable bonds is 9. The minimum absolute atomic E-state index is 0.109. The Hall–Kier alpha value is -5.26. The second-order valence-electron chi connectivity index (χ2n) is 16.1. The van der Waals surface area contributed by atoms with Crippen molar-refractivity contribution in [3.8, 4) is 45.3 Å². The molecular weight excluding hydrogens is 657 g/mol. The van der Waals surface area contributed by atoms with E-state index in [2.05, 4.69) is 91.8 Å². The number of hydrogen-bond acceptors (Lipinski definition) is 4. The number of benzene rings is 6. The van der Waals surface area contributed by atoms with Crippen LogP contribution in [-0.2, 0) is 10.8 Å². The van der Waals surface area contributed by atoms with E-state index < -0.39 is 13.5 Å². The number of phenols is 2. The summed E-state index contributed by atoms with van der Waals surface area (Å²) < 4.78 is 15.0. The summed E-state index contributed by atoms with van der Waals surface area (Å²) in [6.07, 6.45) is 0. The molecular formula is C47H50O4Si. The molecule has 52 heavy (non-hydrogen) atoms. The number of aromatic hydroxyl groups is 2. The van der Waals surface area contributed by atoms with Gasteiger partial charge in [0.15, 0.2) is 0 Å². The van der Waals surface area contributed by atoms with Crippen LogP contribution in [0.1, 0.15) is 66.5 Å². The Labute approximate surface area is 310 Å². The Kier molecular flexibility index (Phi) is 9.86. The first-order chi connectivity index (χ1) is 24.6. The van der Waals surface area contributed by atoms with Crippen molar-refractivity contribution in [2.45, 2.75) is 71.4 Å². The number of para-hydroxylation sites is 2. The molecule has 0 amide bonds. The Morgan fingerprint density at radius 3 is 1.25 bits per heavy atom. The van der Waals surface area contributed by atoms with Crippen LogP contribution >= 0.6 is 0 Å². The highest BCUT2D eigenvalue weighted by atomic mass is 28.4. The van der Waals surface area contributed by atoms with Crippen molar-refractivity contribution in [2.24, 2.45) is 0 Å². The predicted molar refractivity (Wildman–Crippen MR) is 218 cm³/mol. The van der Waals surface area contributed by atoms with Gasteiger partial charge in [0.1, 0.15) is 28.2 Å². The molecule has 0 saturated carbocycles. The van der Waals surface area contributed by atoms with E-state index in [9.17, 15) is 10.2 Å². The normalized spacial score (nSPS) is 12.4. The first kappa shape index (κ1) is 36.5. The minimum Gasteiger partial charge on any atom is -0.530 e. The Balaban J connectivity index is 1.58. The summed E-state index contributed by atoms with van der Waals surface area (Å²) in [5.41, 5.74) is 5.03. The van der Waals surface area contributed by atoms with Crippen LogP contribution in [0.15, 0.2) is 146 Å². The van der Waals surface area contributed by atoms with Crippen molar-refractivity contribution < 1.29 is 19.4 Å². The van der Waals surface area contributed by atoms with Gasteiger partial charge in [-0.15, -0.1) is 0 Å². The molecule has 0 aromatic heterocycles. The highest BCUT2D eigenvalue weighted by Gasteiger charge is 2.57. The number of ether oxygens (including phenoxy) is 1. The fraction of sp³-hybridized carbons (Fsp3) is 0.234. The Morgan fingerprint density at radius 1 is 0.423 bits per heavy atom. The first-order valence-corrected chi connectivity index (χ1v) is 19.9. The molecule has 0 aliphatic heterocycles. The van der Waals surface area contributed by atoms with E-state index in [1.54, 1.807) is 12.1 Å². The summed E-state index contributed by atoms with van der Waals surface area (Å²) in [5.74, 6) is 1.69. The van der Waals surface area contributed by atoms with Crippen molar-refractivity contribution in [2.75, 3.05) is 0 Å². The van der Waals surface area contributed by atoms with E-state index in [0.717, 1.165) is 32.6 Å². The van der Waals surface area contributed by atoms with Crippen LogP contribution in [0, 0.1) is 0 Å². The first-order valence-electron chi connectivity index (χ1n) is 18.0. The Bertz CT molecular complexity index is 2120. The third-order valence-corrected chi connectivity index (χ3v) is 14.5. The molecule has 0 fully saturated rings. The zero-order valence-corrected chi connectivity index (χ0v) is 32.6. The van der Waals surface area contributed by atoms with Crippen molar-refractivity contribution >= 4 is 18.7 Å². The molecule has 0 spiro atoms. The lowest BCUT2D eigenvalue weighted by atomic mass is 9.85. The maximum absolute atomic E-state index is 11.3. The lowest BCUT2D eigenvalue weighted by molar-refractivity contribution is 0.172. The Morgan fingerprint density at radius 2 is 0.808 bits per heavy atom. The second-order valence-corrected chi connectivity index (χ2v) is 20.0. The van der Waals surface area contributed by atoms with Crippen LogP contribution in [0.4, 0.5) is 0 Å². The molecule has 0 aliphatic carbocycles. The van der Waals surface area contributed by atoms with Gasteiger partial charge >= 0.3 is 8.32 Å². The molecule has 6 aromatic rings. The van der Waals surface area contributed by atoms with Gasteiger partial charge in [-0.25, -0.2) is 0 Å². The summed E-state index contributed by atoms with van der Waals surface area (Å²) in [4.78, 5) is 0. The van der Waals surface area contributed by atoms with Gasteiger partial charge in [0.25, 0.3) is 0 Å². The number of hydrogen-bond donors (Lipinski definition) is 2. The smallest absolute Gasteiger partial charge is 0.357 e. The van der Waals surface area contributed by atoms with E-state index in [0.29, 0.717) is 22.6 Å². The standard InChI is InChI=1S/C47H50O4Si/c1-45(2,3)33-27-29-41(48)39(31-33)37-23-15-17-25-43(37)50-47(7,8)52(35-19-11-9-12-20-35,36-21-13-10-14-22-36)51-44-26-18-16-24-38(44)40-32-34(46(4,5)6)28-30-42(40)49/h9-32,48-49H,1-8H3. The second kappa shape index (κ2) is 14.0. The van der Waals surface area contributed by atoms with E-state index in [4.69, 9.17) is 9.16 Å². The number of phenolic OH excluding ortho intramolecular Hbond substituents is 2. The molecule has 6 rings (SSSR count). The monoisotopic (exact) mass is 706 g/mol. The molecule has 0 heterocycles. The molecule has 0 bridgehead atoms. The van der Waals surface area contributed by atoms with E-state index in [-0.39, 0.29) is 22.3 Å². The van der Waals surface area contributed by atoms with Gasteiger partial charge in [0.2, 0.25) is 0 Å². The largest absolute Gasteiger partial charge is 0.530 e. The van der Waals surface area contributed by atoms with E-state index in [1.165, 1.54) is 0 Å². The van der Waals surface area contributed by atoms with Crippen LogP contribution in [0.5, 0.6) is 23.0 Å². The quantitative estimate of drug-likeness (QED) is 0.147. The van der Waals surface area contributed by atoms with Crippen molar-refractivity contribution in [3.63, 3.8) is 0 Å². The molecule has 0 unspecified atom stereocenters. The zero-order chi connectivity index (χ0) is 37.3.